The molecule has 1 aromatic heterocycles. The van der Waals surface area contributed by atoms with Gasteiger partial charge >= 0.3 is 0 Å². The number of sulfone groups is 1. The summed E-state index contributed by atoms with van der Waals surface area (Å²) in [6.07, 6.45) is 1.03. The van der Waals surface area contributed by atoms with E-state index in [2.05, 4.69) is 15.0 Å². The van der Waals surface area contributed by atoms with Crippen LogP contribution in [0.3, 0.4) is 0 Å². The first-order chi connectivity index (χ1) is 12.2. The summed E-state index contributed by atoms with van der Waals surface area (Å²) in [5.74, 6) is 1.12. The van der Waals surface area contributed by atoms with Crippen LogP contribution in [0.1, 0.15) is 11.7 Å². The zero-order valence-electron chi connectivity index (χ0n) is 14.5. The van der Waals surface area contributed by atoms with Crippen molar-refractivity contribution in [2.75, 3.05) is 37.3 Å². The Balaban J connectivity index is 1.73. The third kappa shape index (κ3) is 3.99. The first kappa shape index (κ1) is 18.3. The molecule has 1 fully saturated rings. The Hall–Kier alpha value is -2.53. The zero-order chi connectivity index (χ0) is 18.9. The average Bonchev–Trinajstić information content (AvgIpc) is 2.99. The van der Waals surface area contributed by atoms with E-state index < -0.39 is 14.8 Å². The Kier molecular flexibility index (Phi) is 4.92. The van der Waals surface area contributed by atoms with E-state index in [9.17, 15) is 18.5 Å². The quantitative estimate of drug-likeness (QED) is 0.551. The molecule has 0 aliphatic carbocycles. The SMILES string of the molecule is Cc1nc(CN2CCN(c3ccc(S(C)(=O)=O)cc3[N+](=O)[O-])CC2)no1. The van der Waals surface area contributed by atoms with E-state index in [0.29, 0.717) is 50.1 Å². The molecule has 2 heterocycles. The number of hydrogen-bond donors (Lipinski definition) is 0. The number of piperazine rings is 1. The Bertz CT molecular complexity index is 918. The summed E-state index contributed by atoms with van der Waals surface area (Å²) < 4.78 is 28.3. The van der Waals surface area contributed by atoms with Crippen LogP contribution in [-0.4, -0.2) is 60.8 Å². The van der Waals surface area contributed by atoms with Crippen molar-refractivity contribution in [3.63, 3.8) is 0 Å². The molecule has 26 heavy (non-hydrogen) atoms. The maximum atomic E-state index is 11.7. The molecular weight excluding hydrogens is 362 g/mol. The van der Waals surface area contributed by atoms with Gasteiger partial charge in [-0.3, -0.25) is 15.0 Å². The summed E-state index contributed by atoms with van der Waals surface area (Å²) in [6, 6.07) is 4.04. The second-order valence-electron chi connectivity index (χ2n) is 6.17. The molecule has 1 saturated heterocycles. The van der Waals surface area contributed by atoms with Crippen LogP contribution in [0.15, 0.2) is 27.6 Å². The van der Waals surface area contributed by atoms with Crippen LogP contribution >= 0.6 is 0 Å². The van der Waals surface area contributed by atoms with E-state index in [1.807, 2.05) is 4.90 Å². The highest BCUT2D eigenvalue weighted by Gasteiger charge is 2.26. The first-order valence-electron chi connectivity index (χ1n) is 7.99. The minimum atomic E-state index is -3.50. The molecule has 0 spiro atoms. The molecule has 3 rings (SSSR count). The van der Waals surface area contributed by atoms with Gasteiger partial charge in [-0.1, -0.05) is 5.16 Å². The summed E-state index contributed by atoms with van der Waals surface area (Å²) in [5, 5.41) is 15.3. The van der Waals surface area contributed by atoms with Crippen LogP contribution in [0, 0.1) is 17.0 Å². The van der Waals surface area contributed by atoms with Crippen molar-refractivity contribution < 1.29 is 17.9 Å². The predicted octanol–water partition coefficient (Wildman–Crippen LogP) is 1.01. The number of nitrogens with zero attached hydrogens (tertiary/aromatic N) is 5. The Labute approximate surface area is 150 Å². The van der Waals surface area contributed by atoms with Gasteiger partial charge in [-0.2, -0.15) is 4.98 Å². The summed E-state index contributed by atoms with van der Waals surface area (Å²) in [4.78, 5) is 19.0. The van der Waals surface area contributed by atoms with Gasteiger partial charge in [0.05, 0.1) is 16.4 Å². The summed E-state index contributed by atoms with van der Waals surface area (Å²) >= 11 is 0. The summed E-state index contributed by atoms with van der Waals surface area (Å²) in [7, 11) is -3.50. The molecule has 0 atom stereocenters. The number of aryl methyl sites for hydroxylation is 1. The van der Waals surface area contributed by atoms with E-state index >= 15 is 0 Å². The van der Waals surface area contributed by atoms with Crippen molar-refractivity contribution in [3.8, 4) is 0 Å². The van der Waals surface area contributed by atoms with E-state index in [0.717, 1.165) is 12.3 Å². The lowest BCUT2D eigenvalue weighted by atomic mass is 10.2. The van der Waals surface area contributed by atoms with Crippen LogP contribution in [0.4, 0.5) is 11.4 Å². The molecular formula is C15H19N5O5S. The van der Waals surface area contributed by atoms with Gasteiger partial charge in [0.25, 0.3) is 5.69 Å². The van der Waals surface area contributed by atoms with Crippen molar-refractivity contribution in [2.24, 2.45) is 0 Å². The number of nitro benzene ring substituents is 1. The highest BCUT2D eigenvalue weighted by molar-refractivity contribution is 7.90. The fraction of sp³-hybridized carbons (Fsp3) is 0.467. The largest absolute Gasteiger partial charge is 0.363 e. The van der Waals surface area contributed by atoms with Gasteiger partial charge in [-0.25, -0.2) is 8.42 Å². The zero-order valence-corrected chi connectivity index (χ0v) is 15.3. The fourth-order valence-corrected chi connectivity index (χ4v) is 3.54. The molecule has 2 aromatic rings. The highest BCUT2D eigenvalue weighted by Crippen LogP contribution is 2.31. The van der Waals surface area contributed by atoms with Crippen molar-refractivity contribution in [2.45, 2.75) is 18.4 Å². The fourth-order valence-electron chi connectivity index (χ4n) is 2.90. The lowest BCUT2D eigenvalue weighted by Crippen LogP contribution is -2.46. The van der Waals surface area contributed by atoms with Crippen LogP contribution < -0.4 is 4.90 Å². The molecule has 0 radical (unpaired) electrons. The molecule has 0 amide bonds. The molecule has 0 bridgehead atoms. The smallest absolute Gasteiger partial charge is 0.293 e. The minimum absolute atomic E-state index is 0.0564. The standard InChI is InChI=1S/C15H19N5O5S/c1-11-16-15(17-25-11)10-18-5-7-19(8-6-18)13-4-3-12(26(2,23)24)9-14(13)20(21)22/h3-4,9H,5-8,10H2,1-2H3. The van der Waals surface area contributed by atoms with Crippen LogP contribution in [0.2, 0.25) is 0 Å². The van der Waals surface area contributed by atoms with Gasteiger partial charge < -0.3 is 9.42 Å². The molecule has 1 aromatic carbocycles. The lowest BCUT2D eigenvalue weighted by molar-refractivity contribution is -0.384. The topological polar surface area (TPSA) is 123 Å². The van der Waals surface area contributed by atoms with E-state index in [-0.39, 0.29) is 10.6 Å². The Morgan fingerprint density at radius 3 is 2.50 bits per heavy atom. The number of hydrogen-bond acceptors (Lipinski definition) is 9. The molecule has 1 aliphatic heterocycles. The number of benzene rings is 1. The van der Waals surface area contributed by atoms with Gasteiger partial charge in [0, 0.05) is 45.4 Å². The number of anilines is 1. The third-order valence-electron chi connectivity index (χ3n) is 4.22. The van der Waals surface area contributed by atoms with Gasteiger partial charge in [0.1, 0.15) is 5.69 Å². The van der Waals surface area contributed by atoms with Gasteiger partial charge in [0.15, 0.2) is 15.7 Å². The van der Waals surface area contributed by atoms with E-state index in [1.54, 1.807) is 6.92 Å². The number of aromatic nitrogens is 2. The molecule has 11 heteroatoms. The second kappa shape index (κ2) is 7.00. The van der Waals surface area contributed by atoms with E-state index in [1.165, 1.54) is 12.1 Å². The second-order valence-corrected chi connectivity index (χ2v) is 8.19. The number of nitro groups is 1. The maximum Gasteiger partial charge on any atom is 0.293 e. The van der Waals surface area contributed by atoms with Crippen LogP contribution in [-0.2, 0) is 16.4 Å². The third-order valence-corrected chi connectivity index (χ3v) is 5.33. The van der Waals surface area contributed by atoms with Crippen molar-refractivity contribution >= 4 is 21.2 Å². The van der Waals surface area contributed by atoms with Crippen LogP contribution in [0.5, 0.6) is 0 Å². The average molecular weight is 381 g/mol. The van der Waals surface area contributed by atoms with E-state index in [4.69, 9.17) is 4.52 Å². The van der Waals surface area contributed by atoms with Crippen molar-refractivity contribution in [1.29, 1.82) is 0 Å². The summed E-state index contributed by atoms with van der Waals surface area (Å²) in [5.41, 5.74) is 0.229. The monoisotopic (exact) mass is 381 g/mol. The molecule has 0 N–H and O–H groups in total. The normalized spacial score (nSPS) is 16.0. The van der Waals surface area contributed by atoms with Crippen molar-refractivity contribution in [3.05, 3.63) is 40.0 Å². The lowest BCUT2D eigenvalue weighted by Gasteiger charge is -2.35. The molecule has 1 aliphatic rings. The molecule has 0 unspecified atom stereocenters. The van der Waals surface area contributed by atoms with Crippen LogP contribution in [0.25, 0.3) is 0 Å². The first-order valence-corrected chi connectivity index (χ1v) is 9.88. The van der Waals surface area contributed by atoms with Gasteiger partial charge in [0.2, 0.25) is 5.89 Å². The van der Waals surface area contributed by atoms with Crippen molar-refractivity contribution in [1.82, 2.24) is 15.0 Å². The summed E-state index contributed by atoms with van der Waals surface area (Å²) in [6.45, 7) is 4.80. The van der Waals surface area contributed by atoms with Gasteiger partial charge in [-0.15, -0.1) is 0 Å². The predicted molar refractivity (Wildman–Crippen MR) is 92.7 cm³/mol. The molecule has 10 nitrogen and oxygen atoms in total. The molecule has 140 valence electrons. The van der Waals surface area contributed by atoms with Gasteiger partial charge in [-0.05, 0) is 12.1 Å². The number of rotatable bonds is 5. The molecule has 0 saturated carbocycles. The maximum absolute atomic E-state index is 11.7. The Morgan fingerprint density at radius 1 is 1.27 bits per heavy atom. The Morgan fingerprint density at radius 2 is 1.96 bits per heavy atom. The minimum Gasteiger partial charge on any atom is -0.363 e. The highest BCUT2D eigenvalue weighted by atomic mass is 32.2.